The molecule has 0 bridgehead atoms. The van der Waals surface area contributed by atoms with E-state index in [1.807, 2.05) is 0 Å². The van der Waals surface area contributed by atoms with Crippen molar-refractivity contribution in [3.63, 3.8) is 0 Å². The predicted molar refractivity (Wildman–Crippen MR) is 54.5 cm³/mol. The number of alkyl halides is 5. The molecule has 0 aromatic rings. The molecule has 0 aromatic heterocycles. The lowest BCUT2D eigenvalue weighted by Gasteiger charge is -2.23. The molecule has 1 aliphatic rings. The molecule has 1 aliphatic heterocycles. The Morgan fingerprint density at radius 1 is 1.47 bits per heavy atom. The lowest BCUT2D eigenvalue weighted by molar-refractivity contribution is -0.175. The summed E-state index contributed by atoms with van der Waals surface area (Å²) in [6, 6.07) is 1.51. The molecule has 1 rings (SSSR count). The van der Waals surface area contributed by atoms with Crippen LogP contribution >= 0.6 is 11.6 Å². The number of nitrogens with one attached hydrogen (secondary N) is 1. The zero-order chi connectivity index (χ0) is 14.8. The maximum atomic E-state index is 12.6. The first-order valence-electron chi connectivity index (χ1n) is 4.99. The first-order valence-corrected chi connectivity index (χ1v) is 5.42. The van der Waals surface area contributed by atoms with Gasteiger partial charge in [-0.25, -0.2) is 4.39 Å². The first-order chi connectivity index (χ1) is 8.61. The lowest BCUT2D eigenvalue weighted by atomic mass is 10.0. The summed E-state index contributed by atoms with van der Waals surface area (Å²) in [5.74, 6) is -3.44. The minimum Gasteiger partial charge on any atom is -0.335 e. The molecule has 0 aromatic carbocycles. The van der Waals surface area contributed by atoms with Crippen LogP contribution in [0.5, 0.6) is 0 Å². The molecular formula is C9H8ClF4N3O2. The van der Waals surface area contributed by atoms with Gasteiger partial charge in [0.1, 0.15) is 5.54 Å². The molecule has 106 valence electrons. The van der Waals surface area contributed by atoms with Crippen molar-refractivity contribution in [2.24, 2.45) is 0 Å². The number of hydrogen-bond acceptors (Lipinski definition) is 3. The van der Waals surface area contributed by atoms with E-state index in [2.05, 4.69) is 0 Å². The van der Waals surface area contributed by atoms with Crippen LogP contribution in [0, 0.1) is 11.3 Å². The fraction of sp³-hybridized carbons (Fsp3) is 0.667. The molecule has 0 spiro atoms. The summed E-state index contributed by atoms with van der Waals surface area (Å²) in [5.41, 5.74) is -4.22. The minimum absolute atomic E-state index is 0.169. The van der Waals surface area contributed by atoms with Gasteiger partial charge in [-0.05, 0) is 0 Å². The number of carbonyl (C=O) groups excluding carboxylic acids is 2. The quantitative estimate of drug-likeness (QED) is 0.602. The smallest absolute Gasteiger partial charge is 0.335 e. The molecule has 5 nitrogen and oxygen atoms in total. The van der Waals surface area contributed by atoms with Crippen molar-refractivity contribution in [3.8, 4) is 6.07 Å². The molecular weight excluding hydrogens is 294 g/mol. The Balaban J connectivity index is 2.79. The largest absolute Gasteiger partial charge is 0.471 e. The summed E-state index contributed by atoms with van der Waals surface area (Å²) in [7, 11) is 0. The van der Waals surface area contributed by atoms with E-state index in [0.717, 1.165) is 4.90 Å². The van der Waals surface area contributed by atoms with Crippen LogP contribution in [-0.4, -0.2) is 47.1 Å². The van der Waals surface area contributed by atoms with Gasteiger partial charge in [-0.1, -0.05) is 11.6 Å². The normalized spacial score (nSPS) is 24.7. The highest BCUT2D eigenvalue weighted by Crippen LogP contribution is 2.25. The zero-order valence-electron chi connectivity index (χ0n) is 9.30. The predicted octanol–water partition coefficient (Wildman–Crippen LogP) is 0.694. The van der Waals surface area contributed by atoms with E-state index in [0.29, 0.717) is 0 Å². The van der Waals surface area contributed by atoms with Crippen LogP contribution in [0.15, 0.2) is 0 Å². The second-order valence-corrected chi connectivity index (χ2v) is 4.34. The van der Waals surface area contributed by atoms with Crippen molar-refractivity contribution in [2.45, 2.75) is 23.8 Å². The number of hydrogen-bond donors (Lipinski definition) is 1. The van der Waals surface area contributed by atoms with Gasteiger partial charge in [0, 0.05) is 13.0 Å². The van der Waals surface area contributed by atoms with Gasteiger partial charge in [-0.2, -0.15) is 18.4 Å². The van der Waals surface area contributed by atoms with Crippen molar-refractivity contribution in [2.75, 3.05) is 13.1 Å². The molecule has 1 heterocycles. The van der Waals surface area contributed by atoms with E-state index in [1.54, 1.807) is 0 Å². The standard InChI is InChI=1S/C9H8ClF4N3O2/c10-5(11)6(18)17-2-1-8(3-15,4-17)16-7(19)9(12,13)14/h5H,1-2,4H2,(H,16,19). The number of halogens is 5. The van der Waals surface area contributed by atoms with Crippen molar-refractivity contribution in [1.29, 1.82) is 5.26 Å². The van der Waals surface area contributed by atoms with Gasteiger partial charge >= 0.3 is 12.1 Å². The van der Waals surface area contributed by atoms with Crippen LogP contribution in [0.4, 0.5) is 17.6 Å². The van der Waals surface area contributed by atoms with Crippen LogP contribution in [0.1, 0.15) is 6.42 Å². The molecule has 0 radical (unpaired) electrons. The summed E-state index contributed by atoms with van der Waals surface area (Å²) in [6.07, 6.45) is -5.38. The Bertz CT molecular complexity index is 434. The topological polar surface area (TPSA) is 73.2 Å². The highest BCUT2D eigenvalue weighted by molar-refractivity contribution is 6.29. The van der Waals surface area contributed by atoms with Crippen LogP contribution in [0.2, 0.25) is 0 Å². The molecule has 1 fully saturated rings. The highest BCUT2D eigenvalue weighted by Gasteiger charge is 2.48. The van der Waals surface area contributed by atoms with E-state index >= 15 is 0 Å². The van der Waals surface area contributed by atoms with Gasteiger partial charge in [0.05, 0.1) is 12.6 Å². The van der Waals surface area contributed by atoms with Crippen LogP contribution in [0.3, 0.4) is 0 Å². The Hall–Kier alpha value is -1.56. The Kier molecular flexibility index (Phi) is 4.25. The van der Waals surface area contributed by atoms with Gasteiger partial charge < -0.3 is 10.2 Å². The summed E-state index contributed by atoms with van der Waals surface area (Å²) in [4.78, 5) is 22.8. The molecule has 2 atom stereocenters. The van der Waals surface area contributed by atoms with Crippen molar-refractivity contribution >= 4 is 23.4 Å². The van der Waals surface area contributed by atoms with E-state index in [9.17, 15) is 27.2 Å². The number of rotatable bonds is 2. The third-order valence-corrected chi connectivity index (χ3v) is 2.78. The minimum atomic E-state index is -5.14. The van der Waals surface area contributed by atoms with E-state index in [-0.39, 0.29) is 13.0 Å². The van der Waals surface area contributed by atoms with Gasteiger partial charge in [-0.3, -0.25) is 9.59 Å². The molecule has 0 saturated carbocycles. The summed E-state index contributed by atoms with van der Waals surface area (Å²) in [6.45, 7) is -0.713. The summed E-state index contributed by atoms with van der Waals surface area (Å²) < 4.78 is 48.9. The molecule has 10 heteroatoms. The molecule has 2 unspecified atom stereocenters. The highest BCUT2D eigenvalue weighted by atomic mass is 35.5. The second kappa shape index (κ2) is 5.21. The fourth-order valence-electron chi connectivity index (χ4n) is 1.65. The number of nitrogens with zero attached hydrogens (tertiary/aromatic N) is 2. The zero-order valence-corrected chi connectivity index (χ0v) is 10.1. The third kappa shape index (κ3) is 3.47. The lowest BCUT2D eigenvalue weighted by Crippen LogP contribution is -2.54. The molecule has 0 aliphatic carbocycles. The van der Waals surface area contributed by atoms with Gasteiger partial charge in [0.2, 0.25) is 0 Å². The van der Waals surface area contributed by atoms with Crippen LogP contribution in [0.25, 0.3) is 0 Å². The van der Waals surface area contributed by atoms with E-state index < -0.39 is 35.7 Å². The van der Waals surface area contributed by atoms with Gasteiger partial charge in [0.15, 0.2) is 0 Å². The maximum absolute atomic E-state index is 12.6. The van der Waals surface area contributed by atoms with Crippen molar-refractivity contribution in [1.82, 2.24) is 10.2 Å². The Morgan fingerprint density at radius 2 is 2.05 bits per heavy atom. The number of nitriles is 1. The maximum Gasteiger partial charge on any atom is 0.471 e. The number of likely N-dealkylation sites (tertiary alicyclic amines) is 1. The molecule has 19 heavy (non-hydrogen) atoms. The van der Waals surface area contributed by atoms with E-state index in [4.69, 9.17) is 16.9 Å². The van der Waals surface area contributed by atoms with Gasteiger partial charge in [-0.15, -0.1) is 0 Å². The molecule has 2 amide bonds. The van der Waals surface area contributed by atoms with E-state index in [1.165, 1.54) is 11.4 Å². The molecule has 1 N–H and O–H groups in total. The fourth-order valence-corrected chi connectivity index (χ4v) is 1.78. The third-order valence-electron chi connectivity index (χ3n) is 2.59. The van der Waals surface area contributed by atoms with Crippen LogP contribution < -0.4 is 5.32 Å². The second-order valence-electron chi connectivity index (χ2n) is 3.96. The Labute approximate surface area is 110 Å². The monoisotopic (exact) mass is 301 g/mol. The summed E-state index contributed by atoms with van der Waals surface area (Å²) in [5, 5.41) is 10.4. The first kappa shape index (κ1) is 15.5. The average Bonchev–Trinajstić information content (AvgIpc) is 2.71. The Morgan fingerprint density at radius 3 is 2.47 bits per heavy atom. The average molecular weight is 302 g/mol. The molecule has 1 saturated heterocycles. The van der Waals surface area contributed by atoms with Crippen molar-refractivity contribution in [3.05, 3.63) is 0 Å². The van der Waals surface area contributed by atoms with Crippen molar-refractivity contribution < 1.29 is 27.2 Å². The van der Waals surface area contributed by atoms with Crippen LogP contribution in [-0.2, 0) is 9.59 Å². The summed E-state index contributed by atoms with van der Waals surface area (Å²) >= 11 is 4.91. The number of amides is 2. The number of carbonyl (C=O) groups is 2. The van der Waals surface area contributed by atoms with Gasteiger partial charge in [0.25, 0.3) is 11.5 Å². The SMILES string of the molecule is N#CC1(NC(=O)C(F)(F)F)CCN(C(=O)C(F)Cl)C1.